The van der Waals surface area contributed by atoms with Crippen LogP contribution in [0.1, 0.15) is 5.56 Å². The summed E-state index contributed by atoms with van der Waals surface area (Å²) in [6.07, 6.45) is -7.38. The molecule has 1 saturated heterocycles. The molecule has 0 radical (unpaired) electrons. The van der Waals surface area contributed by atoms with Crippen molar-refractivity contribution < 1.29 is 59.5 Å². The van der Waals surface area contributed by atoms with Crippen LogP contribution in [0.4, 0.5) is 0 Å². The van der Waals surface area contributed by atoms with Gasteiger partial charge in [-0.05, 0) is 17.7 Å². The average molecular weight is 510 g/mol. The van der Waals surface area contributed by atoms with Crippen LogP contribution in [0, 0.1) is 11.8 Å². The zero-order valence-electron chi connectivity index (χ0n) is 19.1. The van der Waals surface area contributed by atoms with Crippen molar-refractivity contribution in [3.63, 3.8) is 0 Å². The van der Waals surface area contributed by atoms with Gasteiger partial charge in [-0.15, -0.1) is 0 Å². The number of hydrogen-bond donors (Lipinski definition) is 7. The number of carbonyl (C=O) groups excluding carboxylic acids is 1. The van der Waals surface area contributed by atoms with Gasteiger partial charge in [0.05, 0.1) is 24.9 Å². The molecule has 36 heavy (non-hydrogen) atoms. The molecule has 0 unspecified atom stereocenters. The molecule has 0 amide bonds. The Bertz CT molecular complexity index is 952. The van der Waals surface area contributed by atoms with Crippen molar-refractivity contribution in [1.29, 1.82) is 0 Å². The monoisotopic (exact) mass is 510 g/mol. The largest absolute Gasteiger partial charge is 0.472 e. The van der Waals surface area contributed by atoms with Crippen LogP contribution in [-0.4, -0.2) is 110 Å². The minimum absolute atomic E-state index is 0.684. The molecule has 4 rings (SSSR count). The summed E-state index contributed by atoms with van der Waals surface area (Å²) >= 11 is 0. The predicted molar refractivity (Wildman–Crippen MR) is 119 cm³/mol. The Labute approximate surface area is 206 Å². The third-order valence-corrected chi connectivity index (χ3v) is 6.80. The summed E-state index contributed by atoms with van der Waals surface area (Å²) in [5.74, 6) is -2.91. The quantitative estimate of drug-likeness (QED) is 0.152. The highest BCUT2D eigenvalue weighted by Crippen LogP contribution is 2.47. The predicted octanol–water partition coefficient (Wildman–Crippen LogP) is -2.37. The molecule has 3 aliphatic rings. The number of fused-ring (bicyclic) bond motifs is 1. The Kier molecular flexibility index (Phi) is 8.09. The van der Waals surface area contributed by atoms with Crippen LogP contribution in [0.5, 0.6) is 0 Å². The summed E-state index contributed by atoms with van der Waals surface area (Å²) in [5.41, 5.74) is -1.49. The maximum absolute atomic E-state index is 12.3. The normalized spacial score (nSPS) is 42.2. The first-order valence-corrected chi connectivity index (χ1v) is 11.4. The van der Waals surface area contributed by atoms with Crippen LogP contribution in [0.2, 0.25) is 0 Å². The number of hydrogen-bond acceptors (Lipinski definition) is 12. The van der Waals surface area contributed by atoms with Gasteiger partial charge in [0.1, 0.15) is 42.7 Å². The van der Waals surface area contributed by atoms with E-state index in [9.17, 15) is 40.5 Å². The first-order valence-electron chi connectivity index (χ1n) is 11.4. The molecule has 7 N–H and O–H groups in total. The van der Waals surface area contributed by atoms with Crippen molar-refractivity contribution >= 4 is 12.0 Å². The van der Waals surface area contributed by atoms with E-state index in [0.29, 0.717) is 0 Å². The molecule has 12 nitrogen and oxygen atoms in total. The van der Waals surface area contributed by atoms with Gasteiger partial charge in [-0.25, -0.2) is 4.79 Å². The molecule has 1 aliphatic carbocycles. The minimum atomic E-state index is -2.23. The van der Waals surface area contributed by atoms with Crippen LogP contribution in [0.15, 0.2) is 48.7 Å². The van der Waals surface area contributed by atoms with E-state index in [0.717, 1.165) is 11.6 Å². The highest BCUT2D eigenvalue weighted by atomic mass is 16.8. The van der Waals surface area contributed by atoms with E-state index >= 15 is 0 Å². The zero-order chi connectivity index (χ0) is 26.0. The lowest BCUT2D eigenvalue weighted by molar-refractivity contribution is -0.348. The molecule has 0 spiro atoms. The second-order valence-electron chi connectivity index (χ2n) is 9.05. The van der Waals surface area contributed by atoms with Gasteiger partial charge in [-0.1, -0.05) is 30.3 Å². The number of benzene rings is 1. The SMILES string of the molecule is O=C(/C=C/c1ccccc1)OC[C@]1(O)[C@H]2[C@H](O[C@@H]3O[C@@H](CO)[C@H](O)[C@@H](O)[C@@H]3O)OC=C[C@@H]2[C@H](O)[C@@H]1O. The Morgan fingerprint density at radius 1 is 1.00 bits per heavy atom. The summed E-state index contributed by atoms with van der Waals surface area (Å²) < 4.78 is 21.6. The smallest absolute Gasteiger partial charge is 0.330 e. The Morgan fingerprint density at radius 2 is 1.72 bits per heavy atom. The zero-order valence-corrected chi connectivity index (χ0v) is 19.1. The van der Waals surface area contributed by atoms with Gasteiger partial charge in [0.15, 0.2) is 6.29 Å². The highest BCUT2D eigenvalue weighted by molar-refractivity contribution is 5.87. The van der Waals surface area contributed by atoms with Gasteiger partial charge in [-0.2, -0.15) is 0 Å². The first-order chi connectivity index (χ1) is 17.2. The molecule has 12 heteroatoms. The lowest BCUT2D eigenvalue weighted by atomic mass is 9.83. The van der Waals surface area contributed by atoms with E-state index in [1.165, 1.54) is 18.4 Å². The van der Waals surface area contributed by atoms with Crippen LogP contribution < -0.4 is 0 Å². The van der Waals surface area contributed by atoms with E-state index in [1.807, 2.05) is 6.07 Å². The van der Waals surface area contributed by atoms with E-state index in [2.05, 4.69) is 0 Å². The molecule has 2 aliphatic heterocycles. The summed E-state index contributed by atoms with van der Waals surface area (Å²) in [5, 5.41) is 72.3. The van der Waals surface area contributed by atoms with Crippen LogP contribution in [-0.2, 0) is 23.7 Å². The molecule has 0 bridgehead atoms. The Hall–Kier alpha value is -2.39. The second-order valence-corrected chi connectivity index (χ2v) is 9.05. The Balaban J connectivity index is 1.49. The highest BCUT2D eigenvalue weighted by Gasteiger charge is 2.64. The summed E-state index contributed by atoms with van der Waals surface area (Å²) in [6, 6.07) is 8.93. The van der Waals surface area contributed by atoms with Gasteiger partial charge in [0.2, 0.25) is 6.29 Å². The number of carbonyl (C=O) groups is 1. The number of aliphatic hydroxyl groups excluding tert-OH is 6. The molecule has 1 saturated carbocycles. The maximum Gasteiger partial charge on any atom is 0.330 e. The third kappa shape index (κ3) is 5.05. The van der Waals surface area contributed by atoms with Gasteiger partial charge < -0.3 is 54.7 Å². The van der Waals surface area contributed by atoms with Gasteiger partial charge in [-0.3, -0.25) is 0 Å². The standard InChI is InChI=1S/C24H30O12/c25-10-14-18(28)19(29)20(30)23(35-14)36-22-16-13(8-9-33-22)17(27)21(31)24(16,32)11-34-15(26)7-6-12-4-2-1-3-5-12/h1-9,13-14,16-23,25,27-32H,10-11H2/b7-6+/t13-,14-,16+,17-,18-,19+,20-,21-,22-,23-,24-/m0/s1. The number of aliphatic hydroxyl groups is 7. The van der Waals surface area contributed by atoms with Crippen LogP contribution in [0.3, 0.4) is 0 Å². The second kappa shape index (κ2) is 10.9. The maximum atomic E-state index is 12.3. The molecule has 11 atom stereocenters. The molecule has 1 aromatic carbocycles. The van der Waals surface area contributed by atoms with Crippen LogP contribution >= 0.6 is 0 Å². The minimum Gasteiger partial charge on any atom is -0.472 e. The van der Waals surface area contributed by atoms with Crippen molar-refractivity contribution in [2.75, 3.05) is 13.2 Å². The van der Waals surface area contributed by atoms with Gasteiger partial charge >= 0.3 is 5.97 Å². The summed E-state index contributed by atoms with van der Waals surface area (Å²) in [4.78, 5) is 12.3. The number of rotatable bonds is 7. The van der Waals surface area contributed by atoms with E-state index in [4.69, 9.17) is 18.9 Å². The topological polar surface area (TPSA) is 196 Å². The van der Waals surface area contributed by atoms with Crippen molar-refractivity contribution in [3.8, 4) is 0 Å². The van der Waals surface area contributed by atoms with E-state index in [-0.39, 0.29) is 0 Å². The van der Waals surface area contributed by atoms with E-state index in [1.54, 1.807) is 24.3 Å². The molecule has 0 aromatic heterocycles. The molecule has 198 valence electrons. The van der Waals surface area contributed by atoms with Crippen molar-refractivity contribution in [3.05, 3.63) is 54.3 Å². The third-order valence-electron chi connectivity index (χ3n) is 6.80. The van der Waals surface area contributed by atoms with E-state index < -0.39 is 85.8 Å². The van der Waals surface area contributed by atoms with Gasteiger partial charge in [0.25, 0.3) is 0 Å². The fourth-order valence-electron chi connectivity index (χ4n) is 4.77. The molecule has 2 fully saturated rings. The lowest BCUT2D eigenvalue weighted by Crippen LogP contribution is -2.61. The molecule has 2 heterocycles. The molecular formula is C24H30O12. The summed E-state index contributed by atoms with van der Waals surface area (Å²) in [7, 11) is 0. The molecule has 1 aromatic rings. The fourth-order valence-corrected chi connectivity index (χ4v) is 4.77. The number of esters is 1. The Morgan fingerprint density at radius 3 is 2.42 bits per heavy atom. The number of ether oxygens (including phenoxy) is 4. The average Bonchev–Trinajstić information content (AvgIpc) is 3.09. The van der Waals surface area contributed by atoms with Crippen LogP contribution in [0.25, 0.3) is 6.08 Å². The van der Waals surface area contributed by atoms with Gasteiger partial charge in [0, 0.05) is 12.0 Å². The fraction of sp³-hybridized carbons (Fsp3) is 0.542. The lowest BCUT2D eigenvalue weighted by Gasteiger charge is -2.44. The van der Waals surface area contributed by atoms with Crippen molar-refractivity contribution in [2.45, 2.75) is 54.8 Å². The first kappa shape index (κ1) is 26.7. The molecular weight excluding hydrogens is 480 g/mol. The van der Waals surface area contributed by atoms with Crippen molar-refractivity contribution in [2.24, 2.45) is 11.8 Å². The summed E-state index contributed by atoms with van der Waals surface area (Å²) in [6.45, 7) is -1.41. The van der Waals surface area contributed by atoms with Crippen molar-refractivity contribution in [1.82, 2.24) is 0 Å².